The molecule has 1 atom stereocenters. The number of ether oxygens (including phenoxy) is 2. The van der Waals surface area contributed by atoms with Crippen LogP contribution >= 0.6 is 0 Å². The number of benzene rings is 2. The molecule has 1 aliphatic rings. The third-order valence-corrected chi connectivity index (χ3v) is 7.63. The Morgan fingerprint density at radius 1 is 1.00 bits per heavy atom. The summed E-state index contributed by atoms with van der Waals surface area (Å²) < 4.78 is 24.3. The van der Waals surface area contributed by atoms with Gasteiger partial charge < -0.3 is 14.8 Å². The predicted molar refractivity (Wildman–Crippen MR) is 189 cm³/mol. The van der Waals surface area contributed by atoms with Crippen LogP contribution in [0.1, 0.15) is 54.4 Å². The number of allylic oxidation sites excluding steroid dienone is 7. The molecule has 1 aliphatic carbocycles. The van der Waals surface area contributed by atoms with Crippen molar-refractivity contribution >= 4 is 22.8 Å². The van der Waals surface area contributed by atoms with E-state index in [2.05, 4.69) is 15.0 Å². The molecule has 1 aromatic heterocycles. The van der Waals surface area contributed by atoms with Crippen LogP contribution in [0.4, 0.5) is 0 Å². The summed E-state index contributed by atoms with van der Waals surface area (Å²) in [5.74, 6) is 1.45. The normalized spacial score (nSPS) is 12.7. The number of rotatable bonds is 13. The Morgan fingerprint density at radius 3 is 2.47 bits per heavy atom. The van der Waals surface area contributed by atoms with Gasteiger partial charge in [-0.1, -0.05) is 86.7 Å². The zero-order chi connectivity index (χ0) is 32.9. The van der Waals surface area contributed by atoms with Gasteiger partial charge in [-0.25, -0.2) is 8.93 Å². The Kier molecular flexibility index (Phi) is 18.0. The van der Waals surface area contributed by atoms with Crippen LogP contribution in [-0.4, -0.2) is 48.5 Å². The first-order valence-corrected chi connectivity index (χ1v) is 16.5. The fourth-order valence-electron chi connectivity index (χ4n) is 4.34. The highest BCUT2D eigenvalue weighted by Crippen LogP contribution is 2.25. The van der Waals surface area contributed by atoms with E-state index in [0.717, 1.165) is 40.1 Å². The molecular weight excluding hydrogens is 582 g/mol. The number of Topliss-reactive ketones (excluding diaryl/α,β-unsaturated/α-hetero) is 1. The summed E-state index contributed by atoms with van der Waals surface area (Å²) in [6.45, 7) is 7.91. The third-order valence-electron chi connectivity index (χ3n) is 6.60. The monoisotopic (exact) mass is 629 g/mol. The molecule has 4 rings (SSSR count). The highest BCUT2D eigenvalue weighted by molar-refractivity contribution is 7.83. The second-order valence-electron chi connectivity index (χ2n) is 9.56. The van der Waals surface area contributed by atoms with Crippen molar-refractivity contribution in [3.63, 3.8) is 0 Å². The number of aromatic nitrogens is 1. The summed E-state index contributed by atoms with van der Waals surface area (Å²) in [6.07, 6.45) is 15.9. The van der Waals surface area contributed by atoms with Crippen LogP contribution < -0.4 is 14.8 Å². The number of ketones is 1. The van der Waals surface area contributed by atoms with Crippen LogP contribution in [0.5, 0.6) is 5.75 Å². The molecule has 0 amide bonds. The van der Waals surface area contributed by atoms with E-state index < -0.39 is 11.0 Å². The van der Waals surface area contributed by atoms with Crippen molar-refractivity contribution in [1.82, 2.24) is 15.0 Å². The van der Waals surface area contributed by atoms with Gasteiger partial charge in [-0.3, -0.25) is 9.78 Å². The number of pyridine rings is 1. The van der Waals surface area contributed by atoms with Crippen LogP contribution in [0.3, 0.4) is 0 Å². The number of carbonyl (C=O) groups is 1. The molecule has 3 aromatic rings. The highest BCUT2D eigenvalue weighted by Gasteiger charge is 2.17. The molecule has 8 heteroatoms. The van der Waals surface area contributed by atoms with Gasteiger partial charge in [-0.05, 0) is 61.4 Å². The lowest BCUT2D eigenvalue weighted by Crippen LogP contribution is -2.25. The lowest BCUT2D eigenvalue weighted by atomic mass is 9.96. The molecule has 2 N–H and O–H groups in total. The number of nitrogens with one attached hydrogen (secondary N) is 2. The Bertz CT molecular complexity index is 1480. The van der Waals surface area contributed by atoms with E-state index in [9.17, 15) is 9.00 Å². The minimum absolute atomic E-state index is 0.0320. The first-order chi connectivity index (χ1) is 22.0. The fourth-order valence-corrected chi connectivity index (χ4v) is 4.87. The van der Waals surface area contributed by atoms with Gasteiger partial charge in [0.25, 0.3) is 0 Å². The Hall–Kier alpha value is -3.95. The van der Waals surface area contributed by atoms with E-state index in [4.69, 9.17) is 9.47 Å². The van der Waals surface area contributed by atoms with E-state index >= 15 is 0 Å². The second kappa shape index (κ2) is 21.7. The van der Waals surface area contributed by atoms with Crippen molar-refractivity contribution < 1.29 is 18.5 Å². The van der Waals surface area contributed by atoms with E-state index in [1.54, 1.807) is 21.3 Å². The van der Waals surface area contributed by atoms with Crippen molar-refractivity contribution in [3.8, 4) is 16.9 Å². The van der Waals surface area contributed by atoms with Gasteiger partial charge in [0.2, 0.25) is 0 Å². The summed E-state index contributed by atoms with van der Waals surface area (Å²) in [6, 6.07) is 17.9. The van der Waals surface area contributed by atoms with E-state index in [0.29, 0.717) is 36.6 Å². The van der Waals surface area contributed by atoms with Gasteiger partial charge in [0.15, 0.2) is 5.78 Å². The molecule has 0 saturated carbocycles. The largest absolute Gasteiger partial charge is 0.497 e. The molecule has 1 unspecified atom stereocenters. The third kappa shape index (κ3) is 12.5. The van der Waals surface area contributed by atoms with Gasteiger partial charge in [-0.15, -0.1) is 0 Å². The summed E-state index contributed by atoms with van der Waals surface area (Å²) >= 11 is 0. The van der Waals surface area contributed by atoms with Gasteiger partial charge in [-0.2, -0.15) is 0 Å². The minimum Gasteiger partial charge on any atom is -0.497 e. The van der Waals surface area contributed by atoms with Gasteiger partial charge in [0.05, 0.1) is 36.1 Å². The zero-order valence-corrected chi connectivity index (χ0v) is 28.2. The Labute approximate surface area is 271 Å². The molecule has 7 nitrogen and oxygen atoms in total. The van der Waals surface area contributed by atoms with Crippen molar-refractivity contribution in [2.75, 3.05) is 33.6 Å². The van der Waals surface area contributed by atoms with Crippen molar-refractivity contribution in [1.29, 1.82) is 0 Å². The molecule has 0 radical (unpaired) electrons. The maximum Gasteiger partial charge on any atom is 0.191 e. The SMILES string of the molecule is C/C=C\c1ncc(-c2ccccc2)cc1C(=O)C1=CC=CC=CC1.CC.CNS(=O)CCNCc1ccc(OC)cc1COC. The van der Waals surface area contributed by atoms with Gasteiger partial charge >= 0.3 is 0 Å². The number of nitrogens with zero attached hydrogens (tertiary/aromatic N) is 1. The smallest absolute Gasteiger partial charge is 0.191 e. The van der Waals surface area contributed by atoms with Crippen molar-refractivity contribution in [3.05, 3.63) is 125 Å². The number of hydrogen-bond acceptors (Lipinski definition) is 6. The lowest BCUT2D eigenvalue weighted by Gasteiger charge is -2.11. The standard InChI is InChI=1S/C22H19NO.C13H22N2O3S.C2H6/c1-2-10-21-20(22(24)18-13-6-3-4-7-14-18)15-19(16-23-21)17-11-8-5-9-12-17;1-14-19(16)7-6-15-9-11-4-5-13(18-3)8-12(11)10-17-2;1-2/h2-13,15-16H,14H2,1H3;4-5,8,14-15H,6-7,9-10H2,1-3H3;1-2H3/b10-2-;;. The molecule has 240 valence electrons. The minimum atomic E-state index is -0.956. The molecule has 0 bridgehead atoms. The van der Waals surface area contributed by atoms with Crippen LogP contribution in [-0.2, 0) is 28.9 Å². The van der Waals surface area contributed by atoms with E-state index in [1.807, 2.05) is 124 Å². The molecule has 0 spiro atoms. The Balaban J connectivity index is 0.000000305. The average Bonchev–Trinajstić information content (AvgIpc) is 3.39. The van der Waals surface area contributed by atoms with E-state index in [-0.39, 0.29) is 5.78 Å². The predicted octanol–water partition coefficient (Wildman–Crippen LogP) is 7.25. The molecule has 0 saturated heterocycles. The maximum absolute atomic E-state index is 13.0. The Morgan fingerprint density at radius 2 is 1.78 bits per heavy atom. The van der Waals surface area contributed by atoms with Gasteiger partial charge in [0.1, 0.15) is 5.75 Å². The van der Waals surface area contributed by atoms with E-state index in [1.165, 1.54) is 0 Å². The molecular formula is C37H47N3O4S. The summed E-state index contributed by atoms with van der Waals surface area (Å²) in [4.78, 5) is 17.5. The van der Waals surface area contributed by atoms with Crippen LogP contribution in [0.25, 0.3) is 17.2 Å². The second-order valence-corrected chi connectivity index (χ2v) is 11.1. The van der Waals surface area contributed by atoms with Gasteiger partial charge in [0, 0.05) is 43.1 Å². The molecule has 45 heavy (non-hydrogen) atoms. The average molecular weight is 630 g/mol. The first kappa shape index (κ1) is 37.2. The number of carbonyl (C=O) groups excluding carboxylic acids is 1. The number of methoxy groups -OCH3 is 2. The molecule has 0 aliphatic heterocycles. The molecule has 0 fully saturated rings. The fraction of sp³-hybridized carbons (Fsp3) is 0.297. The summed E-state index contributed by atoms with van der Waals surface area (Å²) in [7, 11) is 4.06. The summed E-state index contributed by atoms with van der Waals surface area (Å²) in [5, 5.41) is 3.27. The quantitative estimate of drug-likeness (QED) is 0.153. The highest BCUT2D eigenvalue weighted by atomic mass is 32.2. The maximum atomic E-state index is 13.0. The molecule has 2 aromatic carbocycles. The molecule has 1 heterocycles. The van der Waals surface area contributed by atoms with Crippen LogP contribution in [0.15, 0.2) is 103 Å². The number of hydrogen-bond donors (Lipinski definition) is 2. The van der Waals surface area contributed by atoms with Crippen molar-refractivity contribution in [2.24, 2.45) is 0 Å². The summed E-state index contributed by atoms with van der Waals surface area (Å²) in [5.41, 5.74) is 6.40. The van der Waals surface area contributed by atoms with Crippen LogP contribution in [0, 0.1) is 0 Å². The zero-order valence-electron chi connectivity index (χ0n) is 27.3. The van der Waals surface area contributed by atoms with Crippen molar-refractivity contribution in [2.45, 2.75) is 40.3 Å². The van der Waals surface area contributed by atoms with Crippen LogP contribution in [0.2, 0.25) is 0 Å². The first-order valence-electron chi connectivity index (χ1n) is 15.2. The topological polar surface area (TPSA) is 89.6 Å². The lowest BCUT2D eigenvalue weighted by molar-refractivity contribution is 0.103.